The summed E-state index contributed by atoms with van der Waals surface area (Å²) < 4.78 is 28.3. The zero-order chi connectivity index (χ0) is 15.4. The average molecular weight is 295 g/mol. The number of rotatable bonds is 6. The average Bonchev–Trinajstić information content (AvgIpc) is 2.70. The van der Waals surface area contributed by atoms with Gasteiger partial charge in [0.05, 0.1) is 18.8 Å². The molecule has 0 fully saturated rings. The number of halogens is 2. The largest absolute Gasteiger partial charge is 0.394 e. The highest BCUT2D eigenvalue weighted by atomic mass is 19.1. The van der Waals surface area contributed by atoms with Crippen LogP contribution >= 0.6 is 0 Å². The Morgan fingerprint density at radius 3 is 2.71 bits per heavy atom. The number of aliphatic hydroxyl groups excluding tert-OH is 1. The van der Waals surface area contributed by atoms with Gasteiger partial charge in [-0.05, 0) is 32.0 Å². The summed E-state index contributed by atoms with van der Waals surface area (Å²) in [6.07, 6.45) is 0. The molecular formula is C15H19F2N3O. The van der Waals surface area contributed by atoms with Crippen molar-refractivity contribution < 1.29 is 13.9 Å². The van der Waals surface area contributed by atoms with Gasteiger partial charge in [0, 0.05) is 29.9 Å². The van der Waals surface area contributed by atoms with E-state index in [0.717, 1.165) is 29.1 Å². The number of aryl methyl sites for hydroxylation is 1. The highest BCUT2D eigenvalue weighted by molar-refractivity contribution is 5.25. The van der Waals surface area contributed by atoms with Crippen LogP contribution in [0.15, 0.2) is 18.2 Å². The molecule has 0 amide bonds. The summed E-state index contributed by atoms with van der Waals surface area (Å²) in [6, 6.07) is 3.42. The van der Waals surface area contributed by atoms with E-state index < -0.39 is 11.6 Å². The molecule has 2 N–H and O–H groups in total. The first-order valence-electron chi connectivity index (χ1n) is 6.81. The van der Waals surface area contributed by atoms with Crippen LogP contribution in [0, 0.1) is 25.5 Å². The minimum absolute atomic E-state index is 0.0311. The van der Waals surface area contributed by atoms with Gasteiger partial charge in [-0.25, -0.2) is 8.78 Å². The molecule has 0 saturated heterocycles. The number of aliphatic hydroxyl groups is 1. The molecule has 21 heavy (non-hydrogen) atoms. The molecule has 0 saturated carbocycles. The van der Waals surface area contributed by atoms with E-state index in [1.165, 1.54) is 6.07 Å². The molecule has 0 atom stereocenters. The predicted molar refractivity (Wildman–Crippen MR) is 75.7 cm³/mol. The van der Waals surface area contributed by atoms with E-state index in [1.807, 2.05) is 13.8 Å². The van der Waals surface area contributed by atoms with Crippen molar-refractivity contribution in [2.24, 2.45) is 0 Å². The van der Waals surface area contributed by atoms with Crippen molar-refractivity contribution in [1.82, 2.24) is 15.1 Å². The maximum Gasteiger partial charge on any atom is 0.127 e. The van der Waals surface area contributed by atoms with Gasteiger partial charge >= 0.3 is 0 Å². The summed E-state index contributed by atoms with van der Waals surface area (Å²) >= 11 is 0. The first-order chi connectivity index (χ1) is 10.0. The Labute approximate surface area is 122 Å². The number of benzene rings is 1. The van der Waals surface area contributed by atoms with Crippen LogP contribution in [-0.2, 0) is 19.6 Å². The molecular weight excluding hydrogens is 276 g/mol. The van der Waals surface area contributed by atoms with Gasteiger partial charge in [0.2, 0.25) is 0 Å². The van der Waals surface area contributed by atoms with Crippen molar-refractivity contribution in [3.63, 3.8) is 0 Å². The first kappa shape index (κ1) is 15.6. The molecule has 0 aliphatic rings. The standard InChI is InChI=1S/C15H19F2N3O/c1-10-14(11(2)20(19-10)5-6-21)9-18-8-12-7-13(16)3-4-15(12)17/h3-4,7,18,21H,5-6,8-9H2,1-2H3. The maximum atomic E-state index is 13.5. The van der Waals surface area contributed by atoms with Crippen LogP contribution in [-0.4, -0.2) is 21.5 Å². The first-order valence-corrected chi connectivity index (χ1v) is 6.81. The monoisotopic (exact) mass is 295 g/mol. The van der Waals surface area contributed by atoms with Gasteiger partial charge in [-0.1, -0.05) is 0 Å². The summed E-state index contributed by atoms with van der Waals surface area (Å²) in [5.41, 5.74) is 3.15. The third-order valence-corrected chi connectivity index (χ3v) is 3.47. The molecule has 0 unspecified atom stereocenters. The lowest BCUT2D eigenvalue weighted by molar-refractivity contribution is 0.267. The Morgan fingerprint density at radius 1 is 1.24 bits per heavy atom. The summed E-state index contributed by atoms with van der Waals surface area (Å²) in [4.78, 5) is 0. The smallest absolute Gasteiger partial charge is 0.127 e. The Kier molecular flexibility index (Phi) is 5.03. The van der Waals surface area contributed by atoms with Crippen molar-refractivity contribution in [2.45, 2.75) is 33.5 Å². The van der Waals surface area contributed by atoms with Crippen LogP contribution in [0.25, 0.3) is 0 Å². The van der Waals surface area contributed by atoms with Gasteiger partial charge in [-0.15, -0.1) is 0 Å². The predicted octanol–water partition coefficient (Wildman–Crippen LogP) is 2.06. The Hall–Kier alpha value is -1.79. The lowest BCUT2D eigenvalue weighted by Crippen LogP contribution is -2.15. The molecule has 0 aliphatic heterocycles. The topological polar surface area (TPSA) is 50.1 Å². The molecule has 2 aromatic rings. The summed E-state index contributed by atoms with van der Waals surface area (Å²) in [5.74, 6) is -0.871. The second kappa shape index (κ2) is 6.78. The number of hydrogen-bond donors (Lipinski definition) is 2. The third-order valence-electron chi connectivity index (χ3n) is 3.47. The lowest BCUT2D eigenvalue weighted by Gasteiger charge is -2.07. The van der Waals surface area contributed by atoms with E-state index >= 15 is 0 Å². The van der Waals surface area contributed by atoms with E-state index in [1.54, 1.807) is 4.68 Å². The van der Waals surface area contributed by atoms with Crippen LogP contribution in [0.1, 0.15) is 22.5 Å². The minimum Gasteiger partial charge on any atom is -0.394 e. The zero-order valence-electron chi connectivity index (χ0n) is 12.2. The van der Waals surface area contributed by atoms with E-state index in [9.17, 15) is 8.78 Å². The fourth-order valence-corrected chi connectivity index (χ4v) is 2.30. The van der Waals surface area contributed by atoms with Gasteiger partial charge in [-0.2, -0.15) is 5.10 Å². The van der Waals surface area contributed by atoms with Gasteiger partial charge < -0.3 is 10.4 Å². The van der Waals surface area contributed by atoms with Crippen molar-refractivity contribution in [2.75, 3.05) is 6.61 Å². The van der Waals surface area contributed by atoms with Gasteiger partial charge in [0.15, 0.2) is 0 Å². The second-order valence-corrected chi connectivity index (χ2v) is 4.94. The fraction of sp³-hybridized carbons (Fsp3) is 0.400. The van der Waals surface area contributed by atoms with E-state index in [-0.39, 0.29) is 13.2 Å². The number of aromatic nitrogens is 2. The van der Waals surface area contributed by atoms with Crippen LogP contribution in [0.3, 0.4) is 0 Å². The molecule has 0 radical (unpaired) electrons. The van der Waals surface area contributed by atoms with E-state index in [0.29, 0.717) is 18.7 Å². The molecule has 6 heteroatoms. The summed E-state index contributed by atoms with van der Waals surface area (Å²) in [6.45, 7) is 5.05. The summed E-state index contributed by atoms with van der Waals surface area (Å²) in [7, 11) is 0. The van der Waals surface area contributed by atoms with E-state index in [2.05, 4.69) is 10.4 Å². The minimum atomic E-state index is -0.448. The van der Waals surface area contributed by atoms with Gasteiger partial charge in [0.25, 0.3) is 0 Å². The van der Waals surface area contributed by atoms with E-state index in [4.69, 9.17) is 5.11 Å². The SMILES string of the molecule is Cc1nn(CCO)c(C)c1CNCc1cc(F)ccc1F. The molecule has 1 aromatic carbocycles. The maximum absolute atomic E-state index is 13.5. The lowest BCUT2D eigenvalue weighted by atomic mass is 10.1. The molecule has 114 valence electrons. The van der Waals surface area contributed by atoms with Crippen LogP contribution in [0.5, 0.6) is 0 Å². The molecule has 4 nitrogen and oxygen atoms in total. The highest BCUT2D eigenvalue weighted by Gasteiger charge is 2.11. The summed E-state index contributed by atoms with van der Waals surface area (Å²) in [5, 5.41) is 16.4. The molecule has 0 bridgehead atoms. The van der Waals surface area contributed by atoms with Crippen LogP contribution in [0.2, 0.25) is 0 Å². The molecule has 0 aliphatic carbocycles. The normalized spacial score (nSPS) is 11.1. The Balaban J connectivity index is 2.02. The molecule has 2 rings (SSSR count). The van der Waals surface area contributed by atoms with Gasteiger partial charge in [0.1, 0.15) is 11.6 Å². The van der Waals surface area contributed by atoms with Crippen molar-refractivity contribution in [3.8, 4) is 0 Å². The van der Waals surface area contributed by atoms with Crippen molar-refractivity contribution >= 4 is 0 Å². The second-order valence-electron chi connectivity index (χ2n) is 4.94. The number of hydrogen-bond acceptors (Lipinski definition) is 3. The Bertz CT molecular complexity index is 626. The number of nitrogens with zero attached hydrogens (tertiary/aromatic N) is 2. The fourth-order valence-electron chi connectivity index (χ4n) is 2.30. The van der Waals surface area contributed by atoms with Crippen molar-refractivity contribution in [1.29, 1.82) is 0 Å². The van der Waals surface area contributed by atoms with Gasteiger partial charge in [-0.3, -0.25) is 4.68 Å². The number of nitrogens with one attached hydrogen (secondary N) is 1. The highest BCUT2D eigenvalue weighted by Crippen LogP contribution is 2.14. The molecule has 1 heterocycles. The van der Waals surface area contributed by atoms with Crippen LogP contribution in [0.4, 0.5) is 8.78 Å². The Morgan fingerprint density at radius 2 is 2.00 bits per heavy atom. The third kappa shape index (κ3) is 3.65. The van der Waals surface area contributed by atoms with Crippen LogP contribution < -0.4 is 5.32 Å². The van der Waals surface area contributed by atoms with Crippen molar-refractivity contribution in [3.05, 3.63) is 52.3 Å². The zero-order valence-corrected chi connectivity index (χ0v) is 12.2. The molecule has 0 spiro atoms. The molecule has 1 aromatic heterocycles. The quantitative estimate of drug-likeness (QED) is 0.857.